The van der Waals surface area contributed by atoms with Gasteiger partial charge in [-0.15, -0.1) is 0 Å². The molecule has 0 saturated carbocycles. The second-order valence-electron chi connectivity index (χ2n) is 5.91. The molecule has 0 unspecified atom stereocenters. The minimum Gasteiger partial charge on any atom is -0.355 e. The summed E-state index contributed by atoms with van der Waals surface area (Å²) in [5.41, 5.74) is 7.86. The van der Waals surface area contributed by atoms with E-state index >= 15 is 0 Å². The number of aromatic nitrogens is 4. The van der Waals surface area contributed by atoms with Gasteiger partial charge in [-0.3, -0.25) is 0 Å². The van der Waals surface area contributed by atoms with Crippen molar-refractivity contribution in [2.75, 3.05) is 0 Å². The summed E-state index contributed by atoms with van der Waals surface area (Å²) >= 11 is 0. The Morgan fingerprint density at radius 1 is 0.480 bits per heavy atom. The molecule has 3 aromatic heterocycles. The molecule has 114 valence electrons. The van der Waals surface area contributed by atoms with Crippen LogP contribution in [0.2, 0.25) is 0 Å². The van der Waals surface area contributed by atoms with Gasteiger partial charge in [-0.2, -0.15) is 0 Å². The van der Waals surface area contributed by atoms with Crippen LogP contribution in [0.1, 0.15) is 22.8 Å². The third kappa shape index (κ3) is 3.20. The molecule has 2 aliphatic rings. The molecule has 2 aliphatic heterocycles. The molecule has 5 heteroatoms. The van der Waals surface area contributed by atoms with Gasteiger partial charge in [-0.25, -0.2) is 9.97 Å². The van der Waals surface area contributed by atoms with Gasteiger partial charge in [0.2, 0.25) is 0 Å². The van der Waals surface area contributed by atoms with Crippen LogP contribution in [0.3, 0.4) is 0 Å². The first-order valence-corrected chi connectivity index (χ1v) is 7.85. The number of fused-ring (bicyclic) bond motifs is 8. The molecule has 8 bridgehead atoms. The molecule has 0 aliphatic carbocycles. The van der Waals surface area contributed by atoms with Gasteiger partial charge < -0.3 is 9.97 Å². The zero-order valence-corrected chi connectivity index (χ0v) is 14.6. The van der Waals surface area contributed by atoms with Crippen molar-refractivity contribution >= 4 is 63.7 Å². The monoisotopic (exact) mass is 337 g/mol. The summed E-state index contributed by atoms with van der Waals surface area (Å²) in [6.45, 7) is 0. The molecule has 0 radical (unpaired) electrons. The van der Waals surface area contributed by atoms with Crippen molar-refractivity contribution < 1.29 is 0 Å². The maximum atomic E-state index is 4.62. The summed E-state index contributed by atoms with van der Waals surface area (Å²) in [6, 6.07) is 16.4. The molecule has 5 heterocycles. The van der Waals surface area contributed by atoms with Crippen molar-refractivity contribution in [2.45, 2.75) is 0 Å². The average molecular weight is 337 g/mol. The summed E-state index contributed by atoms with van der Waals surface area (Å²) in [4.78, 5) is 16.0. The number of hydrogen-bond acceptors (Lipinski definition) is 2. The summed E-state index contributed by atoms with van der Waals surface area (Å²) in [7, 11) is 0. The van der Waals surface area contributed by atoms with Crippen LogP contribution in [0.4, 0.5) is 0 Å². The molecular weight excluding hydrogens is 323 g/mol. The number of H-pyrrole nitrogens is 2. The Hall–Kier alpha value is -2.87. The fraction of sp³-hybridized carbons (Fsp3) is 0. The summed E-state index contributed by atoms with van der Waals surface area (Å²) < 4.78 is 0. The normalized spacial score (nSPS) is 12.2. The minimum absolute atomic E-state index is 0. The number of rotatable bonds is 0. The first-order chi connectivity index (χ1) is 11.8. The Kier molecular flexibility index (Phi) is 3.89. The van der Waals surface area contributed by atoms with Gasteiger partial charge >= 0.3 is 17.4 Å². The van der Waals surface area contributed by atoms with Crippen molar-refractivity contribution in [3.8, 4) is 0 Å². The SMILES string of the molecule is C1=Cc2cc3ccc(cc4ccc(cc5nc(cc1n2)C=C5)[nH]4)[nH]3.[Al+3]. The topological polar surface area (TPSA) is 57.4 Å². The van der Waals surface area contributed by atoms with E-state index in [-0.39, 0.29) is 17.4 Å². The molecule has 3 aromatic rings. The Balaban J connectivity index is 0.00000157. The van der Waals surface area contributed by atoms with Crippen LogP contribution < -0.4 is 0 Å². The van der Waals surface area contributed by atoms with Crippen molar-refractivity contribution in [3.05, 3.63) is 71.3 Å². The molecule has 0 saturated heterocycles. The summed E-state index contributed by atoms with van der Waals surface area (Å²) in [5, 5.41) is 0. The molecule has 4 nitrogen and oxygen atoms in total. The number of aromatic amines is 2. The number of hydrogen-bond donors (Lipinski definition) is 2. The van der Waals surface area contributed by atoms with Gasteiger partial charge in [0.05, 0.1) is 22.8 Å². The van der Waals surface area contributed by atoms with E-state index in [1.165, 1.54) is 0 Å². The van der Waals surface area contributed by atoms with Crippen LogP contribution in [0.25, 0.3) is 46.4 Å². The average Bonchev–Trinajstić information content (AvgIpc) is 3.32. The molecule has 2 N–H and O–H groups in total. The number of nitrogens with zero attached hydrogens (tertiary/aromatic N) is 2. The van der Waals surface area contributed by atoms with Gasteiger partial charge in [-0.1, -0.05) is 0 Å². The second-order valence-corrected chi connectivity index (χ2v) is 5.91. The molecule has 25 heavy (non-hydrogen) atoms. The van der Waals surface area contributed by atoms with E-state index < -0.39 is 0 Å². The van der Waals surface area contributed by atoms with Gasteiger partial charge in [0, 0.05) is 22.1 Å². The zero-order chi connectivity index (χ0) is 15.9. The van der Waals surface area contributed by atoms with E-state index in [0.29, 0.717) is 0 Å². The van der Waals surface area contributed by atoms with Crippen LogP contribution in [-0.4, -0.2) is 37.3 Å². The van der Waals surface area contributed by atoms with Crippen LogP contribution in [0.5, 0.6) is 0 Å². The largest absolute Gasteiger partial charge is 3.00 e. The van der Waals surface area contributed by atoms with Gasteiger partial charge in [-0.05, 0) is 72.8 Å². The molecular formula is C20H14AlN4+3. The first kappa shape index (κ1) is 15.6. The Bertz CT molecular complexity index is 1080. The summed E-state index contributed by atoms with van der Waals surface area (Å²) in [6.07, 6.45) is 8.05. The number of nitrogens with one attached hydrogen (secondary N) is 2. The molecule has 0 spiro atoms. The molecule has 0 aromatic carbocycles. The van der Waals surface area contributed by atoms with E-state index in [0.717, 1.165) is 44.8 Å². The fourth-order valence-electron chi connectivity index (χ4n) is 2.94. The van der Waals surface area contributed by atoms with Crippen LogP contribution in [-0.2, 0) is 0 Å². The van der Waals surface area contributed by atoms with Crippen molar-refractivity contribution in [3.63, 3.8) is 0 Å². The molecule has 0 atom stereocenters. The fourth-order valence-corrected chi connectivity index (χ4v) is 2.94. The summed E-state index contributed by atoms with van der Waals surface area (Å²) in [5.74, 6) is 0. The third-order valence-electron chi connectivity index (χ3n) is 4.04. The van der Waals surface area contributed by atoms with E-state index in [1.807, 2.05) is 42.5 Å². The minimum atomic E-state index is 0. The third-order valence-corrected chi connectivity index (χ3v) is 4.04. The maximum absolute atomic E-state index is 4.62. The Morgan fingerprint density at radius 3 is 1.28 bits per heavy atom. The molecule has 0 amide bonds. The quantitative estimate of drug-likeness (QED) is 0.415. The Morgan fingerprint density at radius 2 is 0.840 bits per heavy atom. The predicted octanol–water partition coefficient (Wildman–Crippen LogP) is 4.27. The van der Waals surface area contributed by atoms with Crippen molar-refractivity contribution in [1.29, 1.82) is 0 Å². The smallest absolute Gasteiger partial charge is 0.355 e. The van der Waals surface area contributed by atoms with Crippen LogP contribution in [0, 0.1) is 0 Å². The van der Waals surface area contributed by atoms with Crippen LogP contribution >= 0.6 is 0 Å². The first-order valence-electron chi connectivity index (χ1n) is 7.85. The van der Waals surface area contributed by atoms with E-state index in [9.17, 15) is 0 Å². The van der Waals surface area contributed by atoms with E-state index in [4.69, 9.17) is 0 Å². The zero-order valence-electron chi connectivity index (χ0n) is 13.4. The standard InChI is InChI=1S/C20H14N4.Al/c1-2-14-10-16-5-6-18(23-16)12-20-8-7-19(24-20)11-17-4-3-15(22-17)9-13(1)21-14;/h1-12,21-22H;/q;+3. The maximum Gasteiger partial charge on any atom is 3.00 e. The van der Waals surface area contributed by atoms with Gasteiger partial charge in [0.25, 0.3) is 0 Å². The van der Waals surface area contributed by atoms with E-state index in [2.05, 4.69) is 50.3 Å². The van der Waals surface area contributed by atoms with Crippen molar-refractivity contribution in [2.24, 2.45) is 0 Å². The Labute approximate surface area is 155 Å². The van der Waals surface area contributed by atoms with E-state index in [1.54, 1.807) is 0 Å². The van der Waals surface area contributed by atoms with Crippen LogP contribution in [0.15, 0.2) is 48.5 Å². The predicted molar refractivity (Wildman–Crippen MR) is 105 cm³/mol. The molecule has 0 fully saturated rings. The van der Waals surface area contributed by atoms with Crippen molar-refractivity contribution in [1.82, 2.24) is 19.9 Å². The van der Waals surface area contributed by atoms with Gasteiger partial charge in [0.15, 0.2) is 0 Å². The molecule has 5 rings (SSSR count). The second kappa shape index (κ2) is 6.21. The van der Waals surface area contributed by atoms with Gasteiger partial charge in [0.1, 0.15) is 0 Å².